The Hall–Kier alpha value is -3.28. The first kappa shape index (κ1) is 13.2. The molecule has 2 aromatic rings. The quantitative estimate of drug-likeness (QED) is 0.614. The molecule has 0 aliphatic carbocycles. The van der Waals surface area contributed by atoms with Gasteiger partial charge in [0.25, 0.3) is 11.4 Å². The monoisotopic (exact) mass is 273 g/mol. The molecule has 0 saturated carbocycles. The maximum atomic E-state index is 11.0. The molecule has 100 valence electrons. The van der Waals surface area contributed by atoms with E-state index < -0.39 is 9.85 Å². The van der Waals surface area contributed by atoms with Crippen molar-refractivity contribution in [1.29, 1.82) is 5.26 Å². The minimum atomic E-state index is -0.700. The second-order valence-corrected chi connectivity index (χ2v) is 3.82. The summed E-state index contributed by atoms with van der Waals surface area (Å²) in [7, 11) is 0. The van der Waals surface area contributed by atoms with Crippen molar-refractivity contribution in [2.45, 2.75) is 6.54 Å². The van der Waals surface area contributed by atoms with Crippen LogP contribution in [-0.4, -0.2) is 19.4 Å². The van der Waals surface area contributed by atoms with Gasteiger partial charge in [0.15, 0.2) is 0 Å². The van der Waals surface area contributed by atoms with E-state index in [0.29, 0.717) is 0 Å². The van der Waals surface area contributed by atoms with Gasteiger partial charge in [-0.05, 0) is 6.07 Å². The van der Waals surface area contributed by atoms with E-state index in [-0.39, 0.29) is 29.3 Å². The normalized spacial score (nSPS) is 9.95. The van der Waals surface area contributed by atoms with Crippen LogP contribution < -0.4 is 0 Å². The number of hydrogen-bond donors (Lipinski definition) is 0. The number of nitro groups is 2. The largest absolute Gasteiger partial charge is 0.318 e. The smallest absolute Gasteiger partial charge is 0.281 e. The van der Waals surface area contributed by atoms with Crippen LogP contribution >= 0.6 is 0 Å². The first-order valence-electron chi connectivity index (χ1n) is 5.36. The van der Waals surface area contributed by atoms with Crippen molar-refractivity contribution in [3.63, 3.8) is 0 Å². The Morgan fingerprint density at radius 2 is 2.05 bits per heavy atom. The maximum Gasteiger partial charge on any atom is 0.281 e. The minimum absolute atomic E-state index is 0.0389. The highest BCUT2D eigenvalue weighted by molar-refractivity contribution is 5.49. The van der Waals surface area contributed by atoms with Gasteiger partial charge in [-0.15, -0.1) is 0 Å². The molecule has 0 aliphatic rings. The van der Waals surface area contributed by atoms with Crippen LogP contribution in [0.15, 0.2) is 30.6 Å². The van der Waals surface area contributed by atoms with Crippen molar-refractivity contribution >= 4 is 11.4 Å². The Balaban J connectivity index is 2.44. The van der Waals surface area contributed by atoms with Gasteiger partial charge < -0.3 is 4.57 Å². The summed E-state index contributed by atoms with van der Waals surface area (Å²) in [6.07, 6.45) is 2.90. The average Bonchev–Trinajstić information content (AvgIpc) is 2.85. The van der Waals surface area contributed by atoms with Gasteiger partial charge in [-0.2, -0.15) is 5.26 Å². The zero-order valence-electron chi connectivity index (χ0n) is 9.96. The summed E-state index contributed by atoms with van der Waals surface area (Å²) >= 11 is 0. The molecule has 1 aromatic carbocycles. The number of nitro benzene ring substituents is 2. The van der Waals surface area contributed by atoms with Crippen molar-refractivity contribution in [2.75, 3.05) is 0 Å². The number of nitriles is 1. The van der Waals surface area contributed by atoms with Crippen molar-refractivity contribution in [1.82, 2.24) is 9.55 Å². The summed E-state index contributed by atoms with van der Waals surface area (Å²) in [5, 5.41) is 30.4. The van der Waals surface area contributed by atoms with Crippen LogP contribution in [0, 0.1) is 31.6 Å². The fourth-order valence-electron chi connectivity index (χ4n) is 1.70. The first-order chi connectivity index (χ1) is 9.52. The molecule has 0 bridgehead atoms. The Bertz CT molecular complexity index is 731. The van der Waals surface area contributed by atoms with Gasteiger partial charge in [-0.1, -0.05) is 0 Å². The van der Waals surface area contributed by atoms with Crippen LogP contribution in [0.1, 0.15) is 11.4 Å². The molecule has 1 aromatic heterocycles. The standard InChI is InChI=1S/C11H7N5O4/c12-6-11-13-3-4-14(11)7-8-1-2-9(15(17)18)5-10(8)16(19)20/h1-5H,7H2. The molecule has 0 aliphatic heterocycles. The summed E-state index contributed by atoms with van der Waals surface area (Å²) in [5.41, 5.74) is -0.460. The van der Waals surface area contributed by atoms with E-state index in [1.807, 2.05) is 6.07 Å². The number of hydrogen-bond acceptors (Lipinski definition) is 6. The lowest BCUT2D eigenvalue weighted by molar-refractivity contribution is -0.394. The molecule has 9 nitrogen and oxygen atoms in total. The first-order valence-corrected chi connectivity index (χ1v) is 5.36. The molecule has 2 rings (SSSR count). The second-order valence-electron chi connectivity index (χ2n) is 3.82. The van der Waals surface area contributed by atoms with E-state index in [2.05, 4.69) is 4.98 Å². The van der Waals surface area contributed by atoms with Gasteiger partial charge in [0.1, 0.15) is 6.07 Å². The SMILES string of the molecule is N#Cc1nccn1Cc1ccc([N+](=O)[O-])cc1[N+](=O)[O-]. The Labute approximate surface area is 112 Å². The lowest BCUT2D eigenvalue weighted by Crippen LogP contribution is -2.05. The third-order valence-electron chi connectivity index (χ3n) is 2.63. The van der Waals surface area contributed by atoms with E-state index >= 15 is 0 Å². The fraction of sp³-hybridized carbons (Fsp3) is 0.0909. The number of aromatic nitrogens is 2. The third kappa shape index (κ3) is 2.44. The van der Waals surface area contributed by atoms with Crippen LogP contribution in [0.25, 0.3) is 0 Å². The lowest BCUT2D eigenvalue weighted by atomic mass is 10.1. The van der Waals surface area contributed by atoms with E-state index in [9.17, 15) is 20.2 Å². The molecule has 20 heavy (non-hydrogen) atoms. The molecule has 0 radical (unpaired) electrons. The topological polar surface area (TPSA) is 128 Å². The van der Waals surface area contributed by atoms with Gasteiger partial charge in [-0.25, -0.2) is 4.98 Å². The summed E-state index contributed by atoms with van der Waals surface area (Å²) in [6, 6.07) is 5.24. The maximum absolute atomic E-state index is 11.0. The third-order valence-corrected chi connectivity index (χ3v) is 2.63. The summed E-state index contributed by atoms with van der Waals surface area (Å²) in [4.78, 5) is 24.0. The van der Waals surface area contributed by atoms with Gasteiger partial charge in [0.2, 0.25) is 5.82 Å². The van der Waals surface area contributed by atoms with Crippen LogP contribution in [-0.2, 0) is 6.54 Å². The van der Waals surface area contributed by atoms with Gasteiger partial charge >= 0.3 is 0 Å². The number of imidazole rings is 1. The summed E-state index contributed by atoms with van der Waals surface area (Å²) in [5.74, 6) is 0.109. The number of nitrogens with zero attached hydrogens (tertiary/aromatic N) is 5. The average molecular weight is 273 g/mol. The Morgan fingerprint density at radius 3 is 2.65 bits per heavy atom. The predicted molar refractivity (Wildman–Crippen MR) is 65.8 cm³/mol. The summed E-state index contributed by atoms with van der Waals surface area (Å²) in [6.45, 7) is 0.0389. The van der Waals surface area contributed by atoms with E-state index in [1.165, 1.54) is 29.1 Å². The van der Waals surface area contributed by atoms with Gasteiger partial charge in [0.05, 0.1) is 28.0 Å². The predicted octanol–water partition coefficient (Wildman–Crippen LogP) is 1.62. The molecule has 1 heterocycles. The van der Waals surface area contributed by atoms with Crippen molar-refractivity contribution < 1.29 is 9.85 Å². The fourth-order valence-corrected chi connectivity index (χ4v) is 1.70. The molecular weight excluding hydrogens is 266 g/mol. The molecule has 0 saturated heterocycles. The Morgan fingerprint density at radius 1 is 1.30 bits per heavy atom. The van der Waals surface area contributed by atoms with Gasteiger partial charge in [0, 0.05) is 18.5 Å². The molecule has 0 fully saturated rings. The van der Waals surface area contributed by atoms with Crippen LogP contribution in [0.5, 0.6) is 0 Å². The highest BCUT2D eigenvalue weighted by Crippen LogP contribution is 2.25. The highest BCUT2D eigenvalue weighted by Gasteiger charge is 2.20. The minimum Gasteiger partial charge on any atom is -0.318 e. The number of rotatable bonds is 4. The molecular formula is C11H7N5O4. The van der Waals surface area contributed by atoms with Crippen LogP contribution in [0.4, 0.5) is 11.4 Å². The molecule has 9 heteroatoms. The van der Waals surface area contributed by atoms with Crippen LogP contribution in [0.3, 0.4) is 0 Å². The molecule has 0 atom stereocenters. The number of non-ortho nitro benzene ring substituents is 1. The van der Waals surface area contributed by atoms with E-state index in [4.69, 9.17) is 5.26 Å². The second kappa shape index (κ2) is 5.15. The molecule has 0 N–H and O–H groups in total. The van der Waals surface area contributed by atoms with Crippen molar-refractivity contribution in [3.05, 3.63) is 62.2 Å². The molecule has 0 spiro atoms. The van der Waals surface area contributed by atoms with E-state index in [0.717, 1.165) is 6.07 Å². The highest BCUT2D eigenvalue weighted by atomic mass is 16.6. The zero-order valence-corrected chi connectivity index (χ0v) is 9.96. The van der Waals surface area contributed by atoms with E-state index in [1.54, 1.807) is 0 Å². The zero-order chi connectivity index (χ0) is 14.7. The number of benzene rings is 1. The Kier molecular flexibility index (Phi) is 3.39. The summed E-state index contributed by atoms with van der Waals surface area (Å²) < 4.78 is 1.42. The van der Waals surface area contributed by atoms with Crippen molar-refractivity contribution in [2.24, 2.45) is 0 Å². The molecule has 0 unspecified atom stereocenters. The van der Waals surface area contributed by atoms with Crippen LogP contribution in [0.2, 0.25) is 0 Å². The van der Waals surface area contributed by atoms with Crippen molar-refractivity contribution in [3.8, 4) is 6.07 Å². The molecule has 0 amide bonds. The van der Waals surface area contributed by atoms with Gasteiger partial charge in [-0.3, -0.25) is 20.2 Å². The lowest BCUT2D eigenvalue weighted by Gasteiger charge is -2.05.